The predicted molar refractivity (Wildman–Crippen MR) is 96.2 cm³/mol. The van der Waals surface area contributed by atoms with Crippen LogP contribution in [-0.2, 0) is 6.42 Å². The number of hydrogen-bond donors (Lipinski definition) is 2. The third-order valence-corrected chi connectivity index (χ3v) is 4.39. The summed E-state index contributed by atoms with van der Waals surface area (Å²) in [6, 6.07) is 7.90. The van der Waals surface area contributed by atoms with E-state index in [4.69, 9.17) is 9.52 Å². The molecule has 5 heteroatoms. The molecule has 0 saturated heterocycles. The van der Waals surface area contributed by atoms with Gasteiger partial charge in [0.1, 0.15) is 11.2 Å². The van der Waals surface area contributed by atoms with Crippen LogP contribution in [0.25, 0.3) is 21.9 Å². The van der Waals surface area contributed by atoms with Crippen LogP contribution in [0.1, 0.15) is 54.3 Å². The van der Waals surface area contributed by atoms with Crippen molar-refractivity contribution >= 4 is 27.9 Å². The first-order valence-electron chi connectivity index (χ1n) is 8.41. The van der Waals surface area contributed by atoms with Crippen molar-refractivity contribution in [2.75, 3.05) is 0 Å². The molecule has 0 aliphatic heterocycles. The number of carboxylic acids is 1. The average Bonchev–Trinajstić information content (AvgIpc) is 2.61. The van der Waals surface area contributed by atoms with E-state index in [0.29, 0.717) is 28.5 Å². The van der Waals surface area contributed by atoms with E-state index in [2.05, 4.69) is 0 Å². The second-order valence-electron chi connectivity index (χ2n) is 6.18. The molecule has 130 valence electrons. The van der Waals surface area contributed by atoms with Crippen molar-refractivity contribution in [1.82, 2.24) is 0 Å². The maximum absolute atomic E-state index is 12.9. The summed E-state index contributed by atoms with van der Waals surface area (Å²) in [5.74, 6) is -1.09. The van der Waals surface area contributed by atoms with Crippen LogP contribution in [0.4, 0.5) is 0 Å². The zero-order chi connectivity index (χ0) is 18.1. The minimum Gasteiger partial charge on any atom is -0.478 e. The molecule has 1 heterocycles. The van der Waals surface area contributed by atoms with E-state index in [1.807, 2.05) is 19.9 Å². The molecule has 1 aromatic heterocycles. The van der Waals surface area contributed by atoms with Gasteiger partial charge in [-0.1, -0.05) is 20.3 Å². The third-order valence-electron chi connectivity index (χ3n) is 4.39. The van der Waals surface area contributed by atoms with Crippen LogP contribution >= 0.6 is 0 Å². The van der Waals surface area contributed by atoms with Crippen molar-refractivity contribution in [3.05, 3.63) is 57.2 Å². The van der Waals surface area contributed by atoms with Gasteiger partial charge in [-0.15, -0.1) is 0 Å². The fourth-order valence-corrected chi connectivity index (χ4v) is 3.08. The first-order chi connectivity index (χ1) is 12.0. The van der Waals surface area contributed by atoms with Gasteiger partial charge in [-0.25, -0.2) is 4.79 Å². The number of fused-ring (bicyclic) bond motifs is 2. The smallest absolute Gasteiger partial charge is 0.335 e. The van der Waals surface area contributed by atoms with Crippen molar-refractivity contribution < 1.29 is 19.4 Å². The largest absolute Gasteiger partial charge is 0.478 e. The monoisotopic (exact) mass is 340 g/mol. The Balaban J connectivity index is 2.41. The lowest BCUT2D eigenvalue weighted by Crippen LogP contribution is -2.08. The molecular weight excluding hydrogens is 320 g/mol. The standard InChI is InChI=1S/C20H20O5/c1-3-5-11-8-13(16(21)4-2)19-15(9-11)18(22)14-10-12(20(23)24)6-7-17(14)25-19/h6-10,16,21H,3-5H2,1-2H3,(H,23,24). The Morgan fingerprint density at radius 1 is 1.16 bits per heavy atom. The van der Waals surface area contributed by atoms with Gasteiger partial charge in [0.2, 0.25) is 5.43 Å². The Morgan fingerprint density at radius 3 is 2.56 bits per heavy atom. The second-order valence-corrected chi connectivity index (χ2v) is 6.18. The van der Waals surface area contributed by atoms with Crippen molar-refractivity contribution in [1.29, 1.82) is 0 Å². The number of aliphatic hydroxyl groups excluding tert-OH is 1. The van der Waals surface area contributed by atoms with Crippen LogP contribution in [0.5, 0.6) is 0 Å². The Bertz CT molecular complexity index is 1020. The highest BCUT2D eigenvalue weighted by Gasteiger charge is 2.18. The lowest BCUT2D eigenvalue weighted by atomic mass is 9.97. The van der Waals surface area contributed by atoms with Crippen LogP contribution in [-0.4, -0.2) is 16.2 Å². The van der Waals surface area contributed by atoms with Crippen molar-refractivity contribution in [3.63, 3.8) is 0 Å². The molecular formula is C20H20O5. The molecule has 5 nitrogen and oxygen atoms in total. The van der Waals surface area contributed by atoms with Gasteiger partial charge >= 0.3 is 5.97 Å². The highest BCUT2D eigenvalue weighted by atomic mass is 16.4. The van der Waals surface area contributed by atoms with E-state index < -0.39 is 12.1 Å². The molecule has 0 amide bonds. The molecule has 1 atom stereocenters. The number of rotatable bonds is 5. The van der Waals surface area contributed by atoms with Gasteiger partial charge < -0.3 is 14.6 Å². The summed E-state index contributed by atoms with van der Waals surface area (Å²) < 4.78 is 5.90. The lowest BCUT2D eigenvalue weighted by Gasteiger charge is -2.14. The zero-order valence-electron chi connectivity index (χ0n) is 14.2. The third kappa shape index (κ3) is 3.03. The molecule has 0 fully saturated rings. The summed E-state index contributed by atoms with van der Waals surface area (Å²) >= 11 is 0. The Labute approximate surface area is 144 Å². The van der Waals surface area contributed by atoms with Crippen molar-refractivity contribution in [3.8, 4) is 0 Å². The predicted octanol–water partition coefficient (Wildman–Crippen LogP) is 4.04. The van der Waals surface area contributed by atoms with Gasteiger partial charge in [0.25, 0.3) is 0 Å². The molecule has 2 N–H and O–H groups in total. The van der Waals surface area contributed by atoms with Gasteiger partial charge in [-0.2, -0.15) is 0 Å². The summed E-state index contributed by atoms with van der Waals surface area (Å²) in [5, 5.41) is 20.1. The maximum Gasteiger partial charge on any atom is 0.335 e. The summed E-state index contributed by atoms with van der Waals surface area (Å²) in [6.07, 6.45) is 1.48. The Kier molecular flexibility index (Phi) is 4.59. The number of aryl methyl sites for hydroxylation is 1. The van der Waals surface area contributed by atoms with E-state index in [-0.39, 0.29) is 16.4 Å². The number of benzene rings is 2. The highest BCUT2D eigenvalue weighted by Crippen LogP contribution is 2.29. The van der Waals surface area contributed by atoms with Crippen molar-refractivity contribution in [2.24, 2.45) is 0 Å². The van der Waals surface area contributed by atoms with Crippen LogP contribution in [0.15, 0.2) is 39.5 Å². The quantitative estimate of drug-likeness (QED) is 0.684. The van der Waals surface area contributed by atoms with Gasteiger partial charge in [-0.3, -0.25) is 4.79 Å². The summed E-state index contributed by atoms with van der Waals surface area (Å²) in [4.78, 5) is 24.1. The van der Waals surface area contributed by atoms with Crippen LogP contribution in [0.3, 0.4) is 0 Å². The summed E-state index contributed by atoms with van der Waals surface area (Å²) in [6.45, 7) is 3.91. The Hall–Kier alpha value is -2.66. The van der Waals surface area contributed by atoms with Gasteiger partial charge in [-0.05, 0) is 48.7 Å². The molecule has 3 aromatic rings. The summed E-state index contributed by atoms with van der Waals surface area (Å²) in [7, 11) is 0. The number of hydrogen-bond acceptors (Lipinski definition) is 4. The van der Waals surface area contributed by atoms with Crippen LogP contribution in [0, 0.1) is 0 Å². The van der Waals surface area contributed by atoms with E-state index in [9.17, 15) is 14.7 Å². The highest BCUT2D eigenvalue weighted by molar-refractivity contribution is 5.96. The van der Waals surface area contributed by atoms with Gasteiger partial charge in [0, 0.05) is 5.56 Å². The number of carboxylic acid groups (broad SMARTS) is 1. The normalized spacial score (nSPS) is 12.6. The number of aromatic carboxylic acids is 1. The first kappa shape index (κ1) is 17.2. The lowest BCUT2D eigenvalue weighted by molar-refractivity contribution is 0.0697. The fraction of sp³-hybridized carbons (Fsp3) is 0.300. The maximum atomic E-state index is 12.9. The second kappa shape index (κ2) is 6.69. The average molecular weight is 340 g/mol. The van der Waals surface area contributed by atoms with Crippen LogP contribution in [0.2, 0.25) is 0 Å². The topological polar surface area (TPSA) is 87.7 Å². The van der Waals surface area contributed by atoms with Crippen LogP contribution < -0.4 is 5.43 Å². The molecule has 0 radical (unpaired) electrons. The SMILES string of the molecule is CCCc1cc(C(O)CC)c2oc3ccc(C(=O)O)cc3c(=O)c2c1. The van der Waals surface area contributed by atoms with E-state index in [0.717, 1.165) is 18.4 Å². The molecule has 25 heavy (non-hydrogen) atoms. The van der Waals surface area contributed by atoms with Crippen molar-refractivity contribution in [2.45, 2.75) is 39.2 Å². The number of carbonyl (C=O) groups is 1. The van der Waals surface area contributed by atoms with Gasteiger partial charge in [0.15, 0.2) is 0 Å². The molecule has 0 spiro atoms. The molecule has 0 saturated carbocycles. The Morgan fingerprint density at radius 2 is 1.92 bits per heavy atom. The molecule has 3 rings (SSSR count). The van der Waals surface area contributed by atoms with E-state index in [1.165, 1.54) is 18.2 Å². The molecule has 0 aliphatic rings. The fourth-order valence-electron chi connectivity index (χ4n) is 3.08. The first-order valence-corrected chi connectivity index (χ1v) is 8.41. The van der Waals surface area contributed by atoms with E-state index in [1.54, 1.807) is 6.07 Å². The number of aliphatic hydroxyl groups is 1. The molecule has 0 aliphatic carbocycles. The molecule has 1 unspecified atom stereocenters. The molecule has 0 bridgehead atoms. The minimum atomic E-state index is -1.09. The van der Waals surface area contributed by atoms with E-state index >= 15 is 0 Å². The molecule has 2 aromatic carbocycles. The summed E-state index contributed by atoms with van der Waals surface area (Å²) in [5.41, 5.74) is 2.01. The zero-order valence-corrected chi connectivity index (χ0v) is 14.2. The van der Waals surface area contributed by atoms with Gasteiger partial charge in [0.05, 0.1) is 22.4 Å². The minimum absolute atomic E-state index is 0.0395.